The fraction of sp³-hybridized carbons (Fsp3) is 0.455. The summed E-state index contributed by atoms with van der Waals surface area (Å²) in [5.41, 5.74) is 10.8. The zero-order valence-corrected chi connectivity index (χ0v) is 30.4. The van der Waals surface area contributed by atoms with Crippen LogP contribution in [0.3, 0.4) is 0 Å². The molecular weight excluding hydrogens is 592 g/mol. The predicted octanol–water partition coefficient (Wildman–Crippen LogP) is 11.2. The normalized spacial score (nSPS) is 15.5. The van der Waals surface area contributed by atoms with E-state index < -0.39 is 0 Å². The maximum atomic E-state index is 11.9. The van der Waals surface area contributed by atoms with E-state index in [0.717, 1.165) is 92.4 Å². The lowest BCUT2D eigenvalue weighted by Crippen LogP contribution is -2.06. The second kappa shape index (κ2) is 14.7. The molecule has 256 valence electrons. The quantitative estimate of drug-likeness (QED) is 0.135. The van der Waals surface area contributed by atoms with E-state index in [0.29, 0.717) is 25.7 Å². The van der Waals surface area contributed by atoms with Crippen molar-refractivity contribution in [3.8, 4) is 23.0 Å². The number of aromatic hydroxyl groups is 4. The summed E-state index contributed by atoms with van der Waals surface area (Å²) in [6.45, 7) is 17.5. The minimum Gasteiger partial charge on any atom is -0.507 e. The van der Waals surface area contributed by atoms with Crippen LogP contribution in [0.25, 0.3) is 0 Å². The van der Waals surface area contributed by atoms with Crippen molar-refractivity contribution < 1.29 is 20.4 Å². The topological polar surface area (TPSA) is 80.9 Å². The third-order valence-corrected chi connectivity index (χ3v) is 11.4. The molecule has 0 fully saturated rings. The highest BCUT2D eigenvalue weighted by Crippen LogP contribution is 2.42. The van der Waals surface area contributed by atoms with Crippen LogP contribution >= 0.6 is 0 Å². The Labute approximate surface area is 288 Å². The van der Waals surface area contributed by atoms with Crippen LogP contribution in [0.15, 0.2) is 48.5 Å². The van der Waals surface area contributed by atoms with Crippen LogP contribution in [0, 0.1) is 0 Å². The lowest BCUT2D eigenvalue weighted by atomic mass is 9.84. The first-order chi connectivity index (χ1) is 22.9. The van der Waals surface area contributed by atoms with Crippen molar-refractivity contribution in [1.82, 2.24) is 0 Å². The molecule has 48 heavy (non-hydrogen) atoms. The van der Waals surface area contributed by atoms with Crippen molar-refractivity contribution in [3.05, 3.63) is 115 Å². The van der Waals surface area contributed by atoms with Gasteiger partial charge in [0.25, 0.3) is 0 Å². The fourth-order valence-electron chi connectivity index (χ4n) is 7.13. The molecule has 0 saturated heterocycles. The van der Waals surface area contributed by atoms with Gasteiger partial charge < -0.3 is 20.4 Å². The lowest BCUT2D eigenvalue weighted by molar-refractivity contribution is 0.449. The molecule has 4 heteroatoms. The number of benzene rings is 4. The van der Waals surface area contributed by atoms with E-state index in [1.54, 1.807) is 0 Å². The Morgan fingerprint density at radius 2 is 0.500 bits per heavy atom. The van der Waals surface area contributed by atoms with Gasteiger partial charge in [-0.05, 0) is 116 Å². The molecule has 4 nitrogen and oxygen atoms in total. The van der Waals surface area contributed by atoms with Gasteiger partial charge in [0, 0.05) is 25.7 Å². The summed E-state index contributed by atoms with van der Waals surface area (Å²) in [6.07, 6.45) is 5.34. The molecule has 5 rings (SSSR count). The van der Waals surface area contributed by atoms with Crippen molar-refractivity contribution in [2.24, 2.45) is 0 Å². The molecule has 0 heterocycles. The third kappa shape index (κ3) is 7.09. The molecule has 0 unspecified atom stereocenters. The smallest absolute Gasteiger partial charge is 0.122 e. The summed E-state index contributed by atoms with van der Waals surface area (Å²) >= 11 is 0. The van der Waals surface area contributed by atoms with Gasteiger partial charge in [0.1, 0.15) is 23.0 Å². The summed E-state index contributed by atoms with van der Waals surface area (Å²) in [6, 6.07) is 16.8. The molecule has 0 aromatic heterocycles. The third-order valence-electron chi connectivity index (χ3n) is 11.4. The van der Waals surface area contributed by atoms with E-state index in [1.165, 1.54) is 0 Å². The number of phenols is 4. The molecule has 1 aliphatic rings. The standard InChI is InChI=1S/C44H56O4/c1-9-25(5)29-13-33-21-35-15-30(26(6)10-2)17-37(42(35)46)23-39-19-32(28(8)12-4)20-40(44(39)48)24-38-18-31(27(7)11-3)16-36(43(38)47)22-34(14-29)41(33)45/h13-20,25-28,45-48H,9-12,21-24H2,1-8H3/t25-,26-,27-,28+/m1/s1. The Morgan fingerprint density at radius 1 is 0.354 bits per heavy atom. The molecule has 0 radical (unpaired) electrons. The molecule has 0 amide bonds. The molecular formula is C44H56O4. The summed E-state index contributed by atoms with van der Waals surface area (Å²) in [5, 5.41) is 47.5. The Hall–Kier alpha value is -3.92. The predicted molar refractivity (Wildman–Crippen MR) is 198 cm³/mol. The summed E-state index contributed by atoms with van der Waals surface area (Å²) in [4.78, 5) is 0. The Kier molecular flexibility index (Phi) is 10.8. The summed E-state index contributed by atoms with van der Waals surface area (Å²) in [7, 11) is 0. The Balaban J connectivity index is 1.84. The second-order valence-electron chi connectivity index (χ2n) is 14.7. The minimum absolute atomic E-state index is 0.222. The SMILES string of the molecule is CC[C@@H](C)c1cc2c(O)c(c1)Cc1cc([C@H](C)CC)cc(c1O)Cc1cc([C@@H](C)CC)cc(c1O)Cc1cc([C@H](C)CC)cc(c1O)C2. The van der Waals surface area contributed by atoms with Gasteiger partial charge >= 0.3 is 0 Å². The van der Waals surface area contributed by atoms with Gasteiger partial charge in [0.15, 0.2) is 0 Å². The van der Waals surface area contributed by atoms with Crippen molar-refractivity contribution in [3.63, 3.8) is 0 Å². The van der Waals surface area contributed by atoms with Crippen molar-refractivity contribution >= 4 is 0 Å². The Bertz CT molecular complexity index is 1430. The van der Waals surface area contributed by atoms with Gasteiger partial charge in [0.2, 0.25) is 0 Å². The molecule has 0 aliphatic heterocycles. The average Bonchev–Trinajstić information content (AvgIpc) is 3.08. The van der Waals surface area contributed by atoms with Crippen LogP contribution in [-0.4, -0.2) is 20.4 Å². The second-order valence-corrected chi connectivity index (χ2v) is 14.7. The minimum atomic E-state index is 0.222. The summed E-state index contributed by atoms with van der Waals surface area (Å²) in [5.74, 6) is 2.03. The number of hydrogen-bond donors (Lipinski definition) is 4. The van der Waals surface area contributed by atoms with Crippen molar-refractivity contribution in [2.75, 3.05) is 0 Å². The van der Waals surface area contributed by atoms with Crippen molar-refractivity contribution in [1.29, 1.82) is 0 Å². The van der Waals surface area contributed by atoms with Crippen LogP contribution in [-0.2, 0) is 25.7 Å². The molecule has 0 saturated carbocycles. The highest BCUT2D eigenvalue weighted by Gasteiger charge is 2.24. The Morgan fingerprint density at radius 3 is 0.625 bits per heavy atom. The zero-order valence-electron chi connectivity index (χ0n) is 30.4. The van der Waals surface area contributed by atoms with Gasteiger partial charge in [-0.1, -0.05) is 104 Å². The molecule has 4 atom stereocenters. The molecule has 1 aliphatic carbocycles. The van der Waals surface area contributed by atoms with E-state index in [1.807, 2.05) is 0 Å². The van der Waals surface area contributed by atoms with Gasteiger partial charge in [-0.15, -0.1) is 0 Å². The van der Waals surface area contributed by atoms with Crippen LogP contribution in [0.4, 0.5) is 0 Å². The van der Waals surface area contributed by atoms with E-state index in [2.05, 4.69) is 104 Å². The van der Waals surface area contributed by atoms with Crippen LogP contribution < -0.4 is 0 Å². The maximum Gasteiger partial charge on any atom is 0.122 e. The highest BCUT2D eigenvalue weighted by atomic mass is 16.3. The van der Waals surface area contributed by atoms with E-state index >= 15 is 0 Å². The van der Waals surface area contributed by atoms with Crippen LogP contribution in [0.5, 0.6) is 23.0 Å². The molecule has 8 bridgehead atoms. The first-order valence-electron chi connectivity index (χ1n) is 18.3. The zero-order chi connectivity index (χ0) is 34.9. The number of rotatable bonds is 8. The first kappa shape index (κ1) is 35.4. The molecule has 0 spiro atoms. The number of hydrogen-bond acceptors (Lipinski definition) is 4. The van der Waals surface area contributed by atoms with E-state index in [4.69, 9.17) is 0 Å². The lowest BCUT2D eigenvalue weighted by Gasteiger charge is -2.22. The molecule has 4 N–H and O–H groups in total. The van der Waals surface area contributed by atoms with E-state index in [-0.39, 0.29) is 46.7 Å². The number of fused-ring (bicyclic) bond motifs is 8. The van der Waals surface area contributed by atoms with Gasteiger partial charge in [-0.3, -0.25) is 0 Å². The molecule has 4 aromatic carbocycles. The highest BCUT2D eigenvalue weighted by molar-refractivity contribution is 5.58. The van der Waals surface area contributed by atoms with Crippen molar-refractivity contribution in [2.45, 2.75) is 130 Å². The van der Waals surface area contributed by atoms with Gasteiger partial charge in [0.05, 0.1) is 0 Å². The summed E-state index contributed by atoms with van der Waals surface area (Å²) < 4.78 is 0. The maximum absolute atomic E-state index is 11.9. The molecule has 4 aromatic rings. The largest absolute Gasteiger partial charge is 0.507 e. The monoisotopic (exact) mass is 648 g/mol. The number of phenolic OH excluding ortho intramolecular Hbond substituents is 4. The van der Waals surface area contributed by atoms with Crippen LogP contribution in [0.2, 0.25) is 0 Å². The van der Waals surface area contributed by atoms with Gasteiger partial charge in [-0.25, -0.2) is 0 Å². The first-order valence-corrected chi connectivity index (χ1v) is 18.3. The van der Waals surface area contributed by atoms with E-state index in [9.17, 15) is 20.4 Å². The fourth-order valence-corrected chi connectivity index (χ4v) is 7.13. The van der Waals surface area contributed by atoms with Crippen LogP contribution in [0.1, 0.15) is 172 Å². The van der Waals surface area contributed by atoms with Gasteiger partial charge in [-0.2, -0.15) is 0 Å². The average molecular weight is 649 g/mol.